The molecular formula is C27H36N4O. The van der Waals surface area contributed by atoms with Crippen molar-refractivity contribution in [3.05, 3.63) is 47.5 Å². The molecule has 1 aromatic heterocycles. The maximum atomic E-state index is 11.4. The van der Waals surface area contributed by atoms with Gasteiger partial charge < -0.3 is 10.4 Å². The largest absolute Gasteiger partial charge is 0.505 e. The quantitative estimate of drug-likeness (QED) is 0.517. The lowest BCUT2D eigenvalue weighted by Crippen LogP contribution is -2.57. The van der Waals surface area contributed by atoms with Gasteiger partial charge in [-0.1, -0.05) is 37.5 Å². The van der Waals surface area contributed by atoms with Crippen molar-refractivity contribution < 1.29 is 5.11 Å². The molecule has 32 heavy (non-hydrogen) atoms. The van der Waals surface area contributed by atoms with Gasteiger partial charge in [-0.15, -0.1) is 15.0 Å². The Morgan fingerprint density at radius 2 is 1.47 bits per heavy atom. The van der Waals surface area contributed by atoms with E-state index in [-0.39, 0.29) is 11.1 Å². The third-order valence-electron chi connectivity index (χ3n) is 7.35. The Bertz CT molecular complexity index is 1070. The molecule has 2 aliphatic rings. The highest BCUT2D eigenvalue weighted by Gasteiger charge is 2.39. The number of nitrogens with zero attached hydrogens (tertiary/aromatic N) is 3. The van der Waals surface area contributed by atoms with Crippen LogP contribution in [0.15, 0.2) is 36.4 Å². The average Bonchev–Trinajstić information content (AvgIpc) is 3.16. The van der Waals surface area contributed by atoms with Crippen LogP contribution in [0.2, 0.25) is 0 Å². The van der Waals surface area contributed by atoms with Crippen molar-refractivity contribution in [3.63, 3.8) is 0 Å². The molecule has 5 rings (SSSR count). The highest BCUT2D eigenvalue weighted by molar-refractivity contribution is 5.73. The molecule has 0 bridgehead atoms. The normalized spacial score (nSPS) is 21.8. The maximum absolute atomic E-state index is 11.4. The Morgan fingerprint density at radius 3 is 2.06 bits per heavy atom. The van der Waals surface area contributed by atoms with Crippen molar-refractivity contribution in [1.29, 1.82) is 0 Å². The van der Waals surface area contributed by atoms with E-state index < -0.39 is 0 Å². The molecule has 0 unspecified atom stereocenters. The molecule has 5 heteroatoms. The first kappa shape index (κ1) is 21.4. The lowest BCUT2D eigenvalue weighted by atomic mass is 9.72. The second-order valence-electron chi connectivity index (χ2n) is 11.3. The van der Waals surface area contributed by atoms with Crippen LogP contribution in [0, 0.1) is 0 Å². The molecular weight excluding hydrogens is 396 g/mol. The van der Waals surface area contributed by atoms with E-state index in [4.69, 9.17) is 10.2 Å². The van der Waals surface area contributed by atoms with Crippen LogP contribution in [0.5, 0.6) is 5.75 Å². The molecule has 2 heterocycles. The summed E-state index contributed by atoms with van der Waals surface area (Å²) in [5.41, 5.74) is 4.94. The summed E-state index contributed by atoms with van der Waals surface area (Å²) in [6.07, 6.45) is 8.20. The summed E-state index contributed by atoms with van der Waals surface area (Å²) in [6.45, 7) is 9.19. The number of hydrogen-bond acceptors (Lipinski definition) is 4. The molecule has 1 aliphatic heterocycles. The minimum atomic E-state index is 0.0636. The second-order valence-corrected chi connectivity index (χ2v) is 11.3. The number of rotatable bonds is 3. The van der Waals surface area contributed by atoms with Crippen LogP contribution in [-0.4, -0.2) is 31.2 Å². The number of aromatic hydroxyl groups is 1. The van der Waals surface area contributed by atoms with Crippen LogP contribution in [-0.2, 0) is 0 Å². The maximum Gasteiger partial charge on any atom is 0.146 e. The van der Waals surface area contributed by atoms with Gasteiger partial charge in [0.25, 0.3) is 0 Å². The van der Waals surface area contributed by atoms with Gasteiger partial charge in [-0.3, -0.25) is 0 Å². The highest BCUT2D eigenvalue weighted by Crippen LogP contribution is 2.45. The van der Waals surface area contributed by atoms with Crippen molar-refractivity contribution in [1.82, 2.24) is 20.3 Å². The van der Waals surface area contributed by atoms with E-state index in [0.717, 1.165) is 42.3 Å². The molecule has 3 aromatic rings. The van der Waals surface area contributed by atoms with Crippen molar-refractivity contribution >= 4 is 11.0 Å². The lowest BCUT2D eigenvalue weighted by molar-refractivity contribution is 0.161. The van der Waals surface area contributed by atoms with Gasteiger partial charge in [-0.05, 0) is 94.5 Å². The fraction of sp³-hybridized carbons (Fsp3) is 0.556. The van der Waals surface area contributed by atoms with Crippen LogP contribution in [0.4, 0.5) is 0 Å². The molecule has 2 N–H and O–H groups in total. The Morgan fingerprint density at radius 1 is 0.875 bits per heavy atom. The number of benzene rings is 2. The number of piperidine rings is 1. The standard InChI is InChI=1S/C27H36N4O/c1-26(2)16-20(17-27(3,4)30-26)19-14-21(18-10-6-5-7-11-18)25(32)24(15-19)31-28-22-12-8-9-13-23(22)29-31/h8-9,12-15,18,20,30,32H,5-7,10-11,16-17H2,1-4H3. The number of phenolic OH excluding ortho intramolecular Hbond substituents is 1. The van der Waals surface area contributed by atoms with Crippen molar-refractivity contribution in [3.8, 4) is 11.4 Å². The molecule has 0 radical (unpaired) electrons. The van der Waals surface area contributed by atoms with E-state index in [9.17, 15) is 5.11 Å². The van der Waals surface area contributed by atoms with Crippen LogP contribution < -0.4 is 5.32 Å². The fourth-order valence-electron chi connectivity index (χ4n) is 6.30. The van der Waals surface area contributed by atoms with E-state index >= 15 is 0 Å². The van der Waals surface area contributed by atoms with Gasteiger partial charge in [0.05, 0.1) is 0 Å². The van der Waals surface area contributed by atoms with Gasteiger partial charge in [-0.25, -0.2) is 0 Å². The molecule has 1 saturated carbocycles. The summed E-state index contributed by atoms with van der Waals surface area (Å²) in [7, 11) is 0. The summed E-state index contributed by atoms with van der Waals surface area (Å²) >= 11 is 0. The zero-order chi connectivity index (χ0) is 22.5. The van der Waals surface area contributed by atoms with E-state index in [1.165, 1.54) is 24.8 Å². The molecule has 170 valence electrons. The van der Waals surface area contributed by atoms with Gasteiger partial charge >= 0.3 is 0 Å². The number of fused-ring (bicyclic) bond motifs is 1. The summed E-state index contributed by atoms with van der Waals surface area (Å²) in [4.78, 5) is 1.65. The van der Waals surface area contributed by atoms with Crippen LogP contribution in [0.3, 0.4) is 0 Å². The number of aromatic nitrogens is 3. The van der Waals surface area contributed by atoms with Gasteiger partial charge in [0.1, 0.15) is 22.5 Å². The van der Waals surface area contributed by atoms with Crippen molar-refractivity contribution in [2.75, 3.05) is 0 Å². The minimum absolute atomic E-state index is 0.0636. The summed E-state index contributed by atoms with van der Waals surface area (Å²) < 4.78 is 0. The molecule has 1 aliphatic carbocycles. The first-order chi connectivity index (χ1) is 15.2. The molecule has 1 saturated heterocycles. The van der Waals surface area contributed by atoms with E-state index in [1.807, 2.05) is 24.3 Å². The summed E-state index contributed by atoms with van der Waals surface area (Å²) in [5.74, 6) is 1.19. The Hall–Kier alpha value is -2.40. The van der Waals surface area contributed by atoms with Gasteiger partial charge in [0, 0.05) is 11.1 Å². The minimum Gasteiger partial charge on any atom is -0.505 e. The molecule has 2 fully saturated rings. The predicted octanol–water partition coefficient (Wildman–Crippen LogP) is 6.20. The molecule has 2 aromatic carbocycles. The smallest absolute Gasteiger partial charge is 0.146 e. The summed E-state index contributed by atoms with van der Waals surface area (Å²) in [5, 5.41) is 24.7. The van der Waals surface area contributed by atoms with Crippen molar-refractivity contribution in [2.45, 2.75) is 95.6 Å². The van der Waals surface area contributed by atoms with E-state index in [2.05, 4.69) is 45.1 Å². The predicted molar refractivity (Wildman–Crippen MR) is 130 cm³/mol. The van der Waals surface area contributed by atoms with Crippen LogP contribution >= 0.6 is 0 Å². The number of phenols is 1. The molecule has 0 spiro atoms. The van der Waals surface area contributed by atoms with Gasteiger partial charge in [0.15, 0.2) is 0 Å². The topological polar surface area (TPSA) is 63.0 Å². The third kappa shape index (κ3) is 4.15. The van der Waals surface area contributed by atoms with Crippen LogP contribution in [0.1, 0.15) is 95.6 Å². The van der Waals surface area contributed by atoms with Gasteiger partial charge in [-0.2, -0.15) is 0 Å². The first-order valence-corrected chi connectivity index (χ1v) is 12.2. The Labute approximate surface area is 191 Å². The SMILES string of the molecule is CC1(C)CC(c2cc(C3CCCCC3)c(O)c(-n3nc4ccccc4n3)c2)CC(C)(C)N1. The molecule has 5 nitrogen and oxygen atoms in total. The first-order valence-electron chi connectivity index (χ1n) is 12.2. The third-order valence-corrected chi connectivity index (χ3v) is 7.35. The zero-order valence-electron chi connectivity index (χ0n) is 19.9. The lowest BCUT2D eigenvalue weighted by Gasteiger charge is -2.47. The fourth-order valence-corrected chi connectivity index (χ4v) is 6.30. The second kappa shape index (κ2) is 7.87. The van der Waals surface area contributed by atoms with E-state index in [1.54, 1.807) is 4.80 Å². The summed E-state index contributed by atoms with van der Waals surface area (Å²) in [6, 6.07) is 12.3. The monoisotopic (exact) mass is 432 g/mol. The number of nitrogens with one attached hydrogen (secondary N) is 1. The van der Waals surface area contributed by atoms with Gasteiger partial charge in [0.2, 0.25) is 0 Å². The van der Waals surface area contributed by atoms with Crippen molar-refractivity contribution in [2.24, 2.45) is 0 Å². The highest BCUT2D eigenvalue weighted by atomic mass is 16.3. The number of hydrogen-bond donors (Lipinski definition) is 2. The van der Waals surface area contributed by atoms with Crippen LogP contribution in [0.25, 0.3) is 16.7 Å². The molecule has 0 amide bonds. The average molecular weight is 433 g/mol. The Kier molecular flexibility index (Phi) is 5.28. The van der Waals surface area contributed by atoms with E-state index in [0.29, 0.717) is 23.3 Å². The Balaban J connectivity index is 1.64. The molecule has 0 atom stereocenters. The zero-order valence-corrected chi connectivity index (χ0v) is 19.9.